The third-order valence-corrected chi connectivity index (χ3v) is 5.51. The van der Waals surface area contributed by atoms with Gasteiger partial charge < -0.3 is 14.2 Å². The van der Waals surface area contributed by atoms with Crippen LogP contribution in [-0.4, -0.2) is 29.7 Å². The Morgan fingerprint density at radius 2 is 1.52 bits per heavy atom. The molecule has 1 N–H and O–H groups in total. The number of benzene rings is 2. The third-order valence-electron chi connectivity index (χ3n) is 3.67. The van der Waals surface area contributed by atoms with Gasteiger partial charge in [0.25, 0.3) is 0 Å². The van der Waals surface area contributed by atoms with Gasteiger partial charge in [-0.2, -0.15) is 0 Å². The molecule has 136 valence electrons. The highest BCUT2D eigenvalue weighted by atomic mass is 35.5. The van der Waals surface area contributed by atoms with Gasteiger partial charge in [-0.15, -0.1) is 0 Å². The van der Waals surface area contributed by atoms with Crippen molar-refractivity contribution in [2.75, 3.05) is 21.3 Å². The smallest absolute Gasteiger partial charge is 0.241 e. The third kappa shape index (κ3) is 4.36. The van der Waals surface area contributed by atoms with Crippen LogP contribution in [0, 0.1) is 0 Å². The van der Waals surface area contributed by atoms with Crippen LogP contribution in [-0.2, 0) is 10.0 Å². The van der Waals surface area contributed by atoms with Gasteiger partial charge in [-0.3, -0.25) is 0 Å². The largest absolute Gasteiger partial charge is 0.495 e. The van der Waals surface area contributed by atoms with E-state index in [9.17, 15) is 8.42 Å². The maximum atomic E-state index is 12.6. The molecule has 0 spiro atoms. The molecule has 2 aromatic carbocycles. The van der Waals surface area contributed by atoms with Gasteiger partial charge in [-0.05, 0) is 42.8 Å². The normalized spacial score (nSPS) is 12.5. The molecule has 0 saturated carbocycles. The number of rotatable bonds is 7. The molecule has 0 amide bonds. The Morgan fingerprint density at radius 3 is 2.08 bits per heavy atom. The molecule has 2 aromatic rings. The molecule has 0 bridgehead atoms. The van der Waals surface area contributed by atoms with E-state index in [2.05, 4.69) is 4.72 Å². The second kappa shape index (κ2) is 7.95. The summed E-state index contributed by atoms with van der Waals surface area (Å²) in [5.41, 5.74) is 0.737. The maximum absolute atomic E-state index is 12.6. The molecular weight excluding hydrogens is 366 g/mol. The Hall–Kier alpha value is -1.96. The summed E-state index contributed by atoms with van der Waals surface area (Å²) in [4.78, 5) is 0.0608. The summed E-state index contributed by atoms with van der Waals surface area (Å²) in [5, 5.41) is 0.226. The van der Waals surface area contributed by atoms with E-state index in [1.807, 2.05) is 0 Å². The van der Waals surface area contributed by atoms with Crippen molar-refractivity contribution in [3.63, 3.8) is 0 Å². The second-order valence-electron chi connectivity index (χ2n) is 5.25. The van der Waals surface area contributed by atoms with Gasteiger partial charge in [0.15, 0.2) is 11.5 Å². The SMILES string of the molecule is COc1ccc(S(=O)(=O)N[C@@H](C)c2ccc(OC)c(OC)c2)cc1Cl. The van der Waals surface area contributed by atoms with Crippen molar-refractivity contribution in [2.45, 2.75) is 17.9 Å². The molecule has 0 heterocycles. The van der Waals surface area contributed by atoms with E-state index < -0.39 is 16.1 Å². The lowest BCUT2D eigenvalue weighted by molar-refractivity contribution is 0.354. The summed E-state index contributed by atoms with van der Waals surface area (Å²) in [7, 11) is 0.775. The van der Waals surface area contributed by atoms with Crippen molar-refractivity contribution in [2.24, 2.45) is 0 Å². The molecule has 0 aliphatic heterocycles. The Bertz CT molecular complexity index is 854. The van der Waals surface area contributed by atoms with Gasteiger partial charge >= 0.3 is 0 Å². The van der Waals surface area contributed by atoms with Crippen LogP contribution in [0.15, 0.2) is 41.3 Å². The summed E-state index contributed by atoms with van der Waals surface area (Å²) in [6.07, 6.45) is 0. The maximum Gasteiger partial charge on any atom is 0.241 e. The zero-order valence-corrected chi connectivity index (χ0v) is 15.9. The van der Waals surface area contributed by atoms with E-state index in [1.54, 1.807) is 25.1 Å². The van der Waals surface area contributed by atoms with Crippen LogP contribution in [0.5, 0.6) is 17.2 Å². The van der Waals surface area contributed by atoms with Crippen molar-refractivity contribution in [1.82, 2.24) is 4.72 Å². The van der Waals surface area contributed by atoms with Crippen molar-refractivity contribution in [3.8, 4) is 17.2 Å². The number of nitrogens with one attached hydrogen (secondary N) is 1. The molecule has 2 rings (SSSR count). The lowest BCUT2D eigenvalue weighted by atomic mass is 10.1. The number of sulfonamides is 1. The van der Waals surface area contributed by atoms with Gasteiger partial charge in [-0.1, -0.05) is 17.7 Å². The summed E-state index contributed by atoms with van der Waals surface area (Å²) in [5.74, 6) is 1.51. The Morgan fingerprint density at radius 1 is 0.920 bits per heavy atom. The van der Waals surface area contributed by atoms with Crippen LogP contribution in [0.4, 0.5) is 0 Å². The van der Waals surface area contributed by atoms with E-state index in [0.717, 1.165) is 5.56 Å². The van der Waals surface area contributed by atoms with Gasteiger partial charge in [0, 0.05) is 6.04 Å². The van der Waals surface area contributed by atoms with E-state index in [4.69, 9.17) is 25.8 Å². The van der Waals surface area contributed by atoms with Crippen LogP contribution in [0.3, 0.4) is 0 Å². The number of halogens is 1. The van der Waals surface area contributed by atoms with Crippen LogP contribution in [0.2, 0.25) is 5.02 Å². The highest BCUT2D eigenvalue weighted by molar-refractivity contribution is 7.89. The molecule has 0 aliphatic rings. The van der Waals surface area contributed by atoms with E-state index >= 15 is 0 Å². The molecular formula is C17H20ClNO5S. The quantitative estimate of drug-likeness (QED) is 0.790. The van der Waals surface area contributed by atoms with Gasteiger partial charge in [0.05, 0.1) is 31.2 Å². The molecule has 0 aliphatic carbocycles. The standard InChI is InChI=1S/C17H20ClNO5S/c1-11(12-5-7-16(23-3)17(9-12)24-4)19-25(20,21)13-6-8-15(22-2)14(18)10-13/h5-11,19H,1-4H3/t11-/m0/s1. The fraction of sp³-hybridized carbons (Fsp3) is 0.294. The van der Waals surface area contributed by atoms with Crippen molar-refractivity contribution >= 4 is 21.6 Å². The van der Waals surface area contributed by atoms with Crippen molar-refractivity contribution in [1.29, 1.82) is 0 Å². The average Bonchev–Trinajstić information content (AvgIpc) is 2.60. The molecule has 6 nitrogen and oxygen atoms in total. The minimum absolute atomic E-state index is 0.0608. The summed E-state index contributed by atoms with van der Waals surface area (Å²) in [6, 6.07) is 9.05. The molecule has 0 unspecified atom stereocenters. The summed E-state index contributed by atoms with van der Waals surface area (Å²) >= 11 is 6.01. The lowest BCUT2D eigenvalue weighted by Gasteiger charge is -2.17. The molecule has 25 heavy (non-hydrogen) atoms. The van der Waals surface area contributed by atoms with E-state index in [1.165, 1.54) is 39.5 Å². The summed E-state index contributed by atoms with van der Waals surface area (Å²) in [6.45, 7) is 1.74. The molecule has 0 radical (unpaired) electrons. The Labute approximate surface area is 152 Å². The monoisotopic (exact) mass is 385 g/mol. The van der Waals surface area contributed by atoms with Crippen molar-refractivity contribution < 1.29 is 22.6 Å². The fourth-order valence-electron chi connectivity index (χ4n) is 2.31. The minimum Gasteiger partial charge on any atom is -0.495 e. The molecule has 0 fully saturated rings. The van der Waals surface area contributed by atoms with Gasteiger partial charge in [-0.25, -0.2) is 13.1 Å². The van der Waals surface area contributed by atoms with Gasteiger partial charge in [0.2, 0.25) is 10.0 Å². The fourth-order valence-corrected chi connectivity index (χ4v) is 3.89. The first-order chi connectivity index (χ1) is 11.8. The Kier molecular flexibility index (Phi) is 6.16. The number of methoxy groups -OCH3 is 3. The number of ether oxygens (including phenoxy) is 3. The van der Waals surface area contributed by atoms with Crippen LogP contribution in [0.1, 0.15) is 18.5 Å². The van der Waals surface area contributed by atoms with E-state index in [-0.39, 0.29) is 9.92 Å². The summed E-state index contributed by atoms with van der Waals surface area (Å²) < 4.78 is 43.2. The molecule has 0 saturated heterocycles. The first-order valence-electron chi connectivity index (χ1n) is 7.40. The second-order valence-corrected chi connectivity index (χ2v) is 7.37. The van der Waals surface area contributed by atoms with Crippen LogP contribution < -0.4 is 18.9 Å². The first kappa shape index (κ1) is 19.4. The van der Waals surface area contributed by atoms with Gasteiger partial charge in [0.1, 0.15) is 5.75 Å². The average molecular weight is 386 g/mol. The highest BCUT2D eigenvalue weighted by Gasteiger charge is 2.20. The topological polar surface area (TPSA) is 73.9 Å². The minimum atomic E-state index is -3.75. The number of hydrogen-bond donors (Lipinski definition) is 1. The zero-order chi connectivity index (χ0) is 18.6. The van der Waals surface area contributed by atoms with Crippen LogP contribution in [0.25, 0.3) is 0 Å². The first-order valence-corrected chi connectivity index (χ1v) is 9.26. The lowest BCUT2D eigenvalue weighted by Crippen LogP contribution is -2.27. The highest BCUT2D eigenvalue weighted by Crippen LogP contribution is 2.31. The zero-order valence-electron chi connectivity index (χ0n) is 14.4. The molecule has 8 heteroatoms. The van der Waals surface area contributed by atoms with Crippen LogP contribution >= 0.6 is 11.6 Å². The molecule has 0 aromatic heterocycles. The van der Waals surface area contributed by atoms with E-state index in [0.29, 0.717) is 17.2 Å². The molecule has 1 atom stereocenters. The predicted octanol–water partition coefficient (Wildman–Crippen LogP) is 3.41. The Balaban J connectivity index is 2.26. The predicted molar refractivity (Wildman–Crippen MR) is 96.3 cm³/mol. The number of hydrogen-bond acceptors (Lipinski definition) is 5. The van der Waals surface area contributed by atoms with Crippen molar-refractivity contribution in [3.05, 3.63) is 47.0 Å².